The fourth-order valence-electron chi connectivity index (χ4n) is 2.18. The van der Waals surface area contributed by atoms with Gasteiger partial charge in [-0.15, -0.1) is 11.6 Å². The molecule has 0 bridgehead atoms. The standard InChI is InChI=1S/C14H17Cl/c1-11-4-2-5-12(8-11)9-13-6-3-7-14(15)10-13/h2,4-5,8,10,14H,3,6-7,9H2,1H3. The highest BCUT2D eigenvalue weighted by atomic mass is 35.5. The number of allylic oxidation sites excluding steroid dienone is 2. The summed E-state index contributed by atoms with van der Waals surface area (Å²) in [5.74, 6) is 0. The molecule has 2 rings (SSSR count). The highest BCUT2D eigenvalue weighted by Crippen LogP contribution is 2.24. The molecule has 80 valence electrons. The second-order valence-corrected chi connectivity index (χ2v) is 4.96. The number of hydrogen-bond acceptors (Lipinski definition) is 0. The van der Waals surface area contributed by atoms with Crippen LogP contribution in [0, 0.1) is 6.92 Å². The maximum absolute atomic E-state index is 6.13. The van der Waals surface area contributed by atoms with Crippen LogP contribution in [0.3, 0.4) is 0 Å². The summed E-state index contributed by atoms with van der Waals surface area (Å²) in [6.07, 6.45) is 6.92. The van der Waals surface area contributed by atoms with E-state index < -0.39 is 0 Å². The van der Waals surface area contributed by atoms with Crippen LogP contribution in [0.15, 0.2) is 35.9 Å². The number of rotatable bonds is 2. The third-order valence-electron chi connectivity index (χ3n) is 2.91. The molecule has 0 saturated carbocycles. The van der Waals surface area contributed by atoms with Gasteiger partial charge in [-0.2, -0.15) is 0 Å². The van der Waals surface area contributed by atoms with E-state index >= 15 is 0 Å². The van der Waals surface area contributed by atoms with Gasteiger partial charge >= 0.3 is 0 Å². The van der Waals surface area contributed by atoms with Crippen molar-refractivity contribution in [3.8, 4) is 0 Å². The van der Waals surface area contributed by atoms with Crippen LogP contribution in [-0.4, -0.2) is 5.38 Å². The van der Waals surface area contributed by atoms with E-state index in [-0.39, 0.29) is 5.38 Å². The van der Waals surface area contributed by atoms with Gasteiger partial charge in [0.05, 0.1) is 5.38 Å². The first-order chi connectivity index (χ1) is 7.24. The van der Waals surface area contributed by atoms with Gasteiger partial charge in [-0.05, 0) is 38.2 Å². The third-order valence-corrected chi connectivity index (χ3v) is 3.25. The van der Waals surface area contributed by atoms with Crippen molar-refractivity contribution in [1.29, 1.82) is 0 Å². The van der Waals surface area contributed by atoms with Crippen molar-refractivity contribution >= 4 is 11.6 Å². The van der Waals surface area contributed by atoms with Gasteiger partial charge in [0.15, 0.2) is 0 Å². The molecule has 1 heteroatoms. The molecule has 0 heterocycles. The fourth-order valence-corrected chi connectivity index (χ4v) is 2.51. The third kappa shape index (κ3) is 3.10. The summed E-state index contributed by atoms with van der Waals surface area (Å²) < 4.78 is 0. The lowest BCUT2D eigenvalue weighted by Crippen LogP contribution is -2.05. The average molecular weight is 221 g/mol. The first-order valence-corrected chi connectivity index (χ1v) is 6.07. The normalized spacial score (nSPS) is 21.2. The minimum Gasteiger partial charge on any atom is -0.118 e. The predicted molar refractivity (Wildman–Crippen MR) is 66.5 cm³/mol. The van der Waals surface area contributed by atoms with E-state index in [1.54, 1.807) is 0 Å². The molecule has 1 aromatic carbocycles. The van der Waals surface area contributed by atoms with Crippen LogP contribution >= 0.6 is 11.6 Å². The lowest BCUT2D eigenvalue weighted by atomic mass is 9.93. The summed E-state index contributed by atoms with van der Waals surface area (Å²) in [6.45, 7) is 2.14. The SMILES string of the molecule is Cc1cccc(CC2=CC(Cl)CCC2)c1. The monoisotopic (exact) mass is 220 g/mol. The van der Waals surface area contributed by atoms with Crippen molar-refractivity contribution < 1.29 is 0 Å². The van der Waals surface area contributed by atoms with Gasteiger partial charge in [0.2, 0.25) is 0 Å². The molecule has 1 aromatic rings. The fraction of sp³-hybridized carbons (Fsp3) is 0.429. The minimum atomic E-state index is 0.263. The summed E-state index contributed by atoms with van der Waals surface area (Å²) in [5, 5.41) is 0.263. The Balaban J connectivity index is 2.08. The maximum atomic E-state index is 6.13. The van der Waals surface area contributed by atoms with E-state index in [1.165, 1.54) is 29.5 Å². The largest absolute Gasteiger partial charge is 0.118 e. The van der Waals surface area contributed by atoms with Gasteiger partial charge in [0.1, 0.15) is 0 Å². The topological polar surface area (TPSA) is 0 Å². The molecule has 1 aliphatic carbocycles. The molecule has 0 aliphatic heterocycles. The molecule has 15 heavy (non-hydrogen) atoms. The molecule has 0 aromatic heterocycles. The Morgan fingerprint density at radius 1 is 1.40 bits per heavy atom. The molecule has 1 atom stereocenters. The molecule has 0 fully saturated rings. The molecule has 0 nitrogen and oxygen atoms in total. The Morgan fingerprint density at radius 2 is 2.27 bits per heavy atom. The lowest BCUT2D eigenvalue weighted by molar-refractivity contribution is 0.693. The Morgan fingerprint density at radius 3 is 3.00 bits per heavy atom. The summed E-state index contributed by atoms with van der Waals surface area (Å²) in [4.78, 5) is 0. The van der Waals surface area contributed by atoms with Crippen LogP contribution in [0.4, 0.5) is 0 Å². The van der Waals surface area contributed by atoms with Gasteiger partial charge in [-0.3, -0.25) is 0 Å². The van der Waals surface area contributed by atoms with Crippen molar-refractivity contribution in [2.24, 2.45) is 0 Å². The summed E-state index contributed by atoms with van der Waals surface area (Å²) in [5.41, 5.74) is 4.25. The average Bonchev–Trinajstić information content (AvgIpc) is 2.17. The van der Waals surface area contributed by atoms with E-state index in [2.05, 4.69) is 37.3 Å². The Hall–Kier alpha value is -0.750. The number of benzene rings is 1. The van der Waals surface area contributed by atoms with Gasteiger partial charge in [-0.1, -0.05) is 41.5 Å². The van der Waals surface area contributed by atoms with Gasteiger partial charge in [0, 0.05) is 0 Å². The van der Waals surface area contributed by atoms with Crippen molar-refractivity contribution in [3.05, 3.63) is 47.0 Å². The summed E-state index contributed by atoms with van der Waals surface area (Å²) >= 11 is 6.13. The molecule has 1 unspecified atom stereocenters. The van der Waals surface area contributed by atoms with Crippen molar-refractivity contribution in [3.63, 3.8) is 0 Å². The Labute approximate surface area is 97.0 Å². The van der Waals surface area contributed by atoms with E-state index in [9.17, 15) is 0 Å². The maximum Gasteiger partial charge on any atom is 0.0518 e. The number of halogens is 1. The molecule has 0 saturated heterocycles. The molecule has 0 spiro atoms. The zero-order valence-corrected chi connectivity index (χ0v) is 9.93. The highest BCUT2D eigenvalue weighted by Gasteiger charge is 2.11. The number of aryl methyl sites for hydroxylation is 1. The number of hydrogen-bond donors (Lipinski definition) is 0. The quantitative estimate of drug-likeness (QED) is 0.516. The summed E-state index contributed by atoms with van der Waals surface area (Å²) in [6, 6.07) is 8.74. The highest BCUT2D eigenvalue weighted by molar-refractivity contribution is 6.21. The molecular weight excluding hydrogens is 204 g/mol. The second-order valence-electron chi connectivity index (χ2n) is 4.40. The van der Waals surface area contributed by atoms with Crippen LogP contribution in [0.25, 0.3) is 0 Å². The zero-order valence-electron chi connectivity index (χ0n) is 9.17. The van der Waals surface area contributed by atoms with Crippen molar-refractivity contribution in [2.45, 2.75) is 38.0 Å². The van der Waals surface area contributed by atoms with Crippen molar-refractivity contribution in [1.82, 2.24) is 0 Å². The van der Waals surface area contributed by atoms with Crippen LogP contribution in [0.2, 0.25) is 0 Å². The molecule has 0 amide bonds. The van der Waals surface area contributed by atoms with Gasteiger partial charge in [-0.25, -0.2) is 0 Å². The predicted octanol–water partition coefficient (Wildman–Crippen LogP) is 4.26. The van der Waals surface area contributed by atoms with Crippen LogP contribution in [-0.2, 0) is 6.42 Å². The van der Waals surface area contributed by atoms with Gasteiger partial charge < -0.3 is 0 Å². The second kappa shape index (κ2) is 4.85. The van der Waals surface area contributed by atoms with E-state index in [0.717, 1.165) is 12.8 Å². The first kappa shape index (κ1) is 10.8. The molecule has 0 N–H and O–H groups in total. The molecular formula is C14H17Cl. The van der Waals surface area contributed by atoms with Gasteiger partial charge in [0.25, 0.3) is 0 Å². The van der Waals surface area contributed by atoms with Crippen molar-refractivity contribution in [2.75, 3.05) is 0 Å². The van der Waals surface area contributed by atoms with Crippen LogP contribution in [0.1, 0.15) is 30.4 Å². The minimum absolute atomic E-state index is 0.263. The van der Waals surface area contributed by atoms with E-state index in [0.29, 0.717) is 0 Å². The molecule has 0 radical (unpaired) electrons. The first-order valence-electron chi connectivity index (χ1n) is 5.63. The summed E-state index contributed by atoms with van der Waals surface area (Å²) in [7, 11) is 0. The zero-order chi connectivity index (χ0) is 10.7. The Bertz CT molecular complexity index is 365. The van der Waals surface area contributed by atoms with Crippen LogP contribution < -0.4 is 0 Å². The number of alkyl halides is 1. The van der Waals surface area contributed by atoms with E-state index in [1.807, 2.05) is 0 Å². The molecule has 1 aliphatic rings. The lowest BCUT2D eigenvalue weighted by Gasteiger charge is -2.16. The van der Waals surface area contributed by atoms with Crippen LogP contribution in [0.5, 0.6) is 0 Å². The van der Waals surface area contributed by atoms with E-state index in [4.69, 9.17) is 11.6 Å². The Kier molecular flexibility index (Phi) is 3.48. The smallest absolute Gasteiger partial charge is 0.0518 e.